The van der Waals surface area contributed by atoms with Gasteiger partial charge in [0.1, 0.15) is 0 Å². The predicted octanol–water partition coefficient (Wildman–Crippen LogP) is 2.66. The average molecular weight is 213 g/mol. The zero-order chi connectivity index (χ0) is 11.3. The minimum absolute atomic E-state index is 0.0704. The highest BCUT2D eigenvalue weighted by atomic mass is 16.3. The summed E-state index contributed by atoms with van der Waals surface area (Å²) in [5, 5.41) is 9.69. The van der Waals surface area contributed by atoms with Crippen molar-refractivity contribution in [2.45, 2.75) is 65.0 Å². The van der Waals surface area contributed by atoms with Gasteiger partial charge in [-0.15, -0.1) is 0 Å². The molecule has 1 N–H and O–H groups in total. The van der Waals surface area contributed by atoms with Crippen LogP contribution in [0.15, 0.2) is 0 Å². The fraction of sp³-hybridized carbons (Fsp3) is 1.00. The van der Waals surface area contributed by atoms with Crippen LogP contribution in [0.2, 0.25) is 0 Å². The van der Waals surface area contributed by atoms with E-state index >= 15 is 0 Å². The van der Waals surface area contributed by atoms with Gasteiger partial charge in [-0.25, -0.2) is 0 Å². The van der Waals surface area contributed by atoms with E-state index in [-0.39, 0.29) is 6.10 Å². The van der Waals surface area contributed by atoms with Crippen LogP contribution in [0, 0.1) is 5.92 Å². The van der Waals surface area contributed by atoms with Gasteiger partial charge in [0.15, 0.2) is 0 Å². The topological polar surface area (TPSA) is 23.5 Å². The second-order valence-electron chi connectivity index (χ2n) is 5.36. The Morgan fingerprint density at radius 3 is 2.73 bits per heavy atom. The van der Waals surface area contributed by atoms with Crippen molar-refractivity contribution in [1.82, 2.24) is 4.90 Å². The number of aliphatic hydroxyl groups excluding tert-OH is 1. The summed E-state index contributed by atoms with van der Waals surface area (Å²) in [6.07, 6.45) is 6.03. The molecule has 15 heavy (non-hydrogen) atoms. The van der Waals surface area contributed by atoms with E-state index in [2.05, 4.69) is 25.7 Å². The zero-order valence-corrected chi connectivity index (χ0v) is 10.6. The van der Waals surface area contributed by atoms with Gasteiger partial charge in [0.2, 0.25) is 0 Å². The molecule has 1 saturated heterocycles. The molecule has 0 radical (unpaired) electrons. The molecule has 0 aromatic rings. The Labute approximate surface area is 94.7 Å². The molecule has 0 aromatic heterocycles. The Bertz CT molecular complexity index is 170. The highest BCUT2D eigenvalue weighted by Crippen LogP contribution is 2.23. The Hall–Kier alpha value is -0.0800. The first-order valence-electron chi connectivity index (χ1n) is 6.55. The SMILES string of the molecule is CCCC[C@H]1C[C@H](O)CN1CCC(C)C. The van der Waals surface area contributed by atoms with E-state index < -0.39 is 0 Å². The molecule has 2 nitrogen and oxygen atoms in total. The lowest BCUT2D eigenvalue weighted by Gasteiger charge is -2.24. The van der Waals surface area contributed by atoms with Gasteiger partial charge in [-0.05, 0) is 31.7 Å². The normalized spacial score (nSPS) is 27.8. The predicted molar refractivity (Wildman–Crippen MR) is 65.0 cm³/mol. The quantitative estimate of drug-likeness (QED) is 0.733. The van der Waals surface area contributed by atoms with Crippen molar-refractivity contribution in [2.24, 2.45) is 5.92 Å². The Balaban J connectivity index is 2.31. The first kappa shape index (κ1) is 13.0. The molecule has 2 heteroatoms. The van der Waals surface area contributed by atoms with Gasteiger partial charge < -0.3 is 5.11 Å². The minimum Gasteiger partial charge on any atom is -0.392 e. The van der Waals surface area contributed by atoms with Gasteiger partial charge in [0.25, 0.3) is 0 Å². The molecule has 0 spiro atoms. The maximum absolute atomic E-state index is 9.69. The van der Waals surface area contributed by atoms with Gasteiger partial charge in [-0.2, -0.15) is 0 Å². The van der Waals surface area contributed by atoms with Crippen LogP contribution in [-0.2, 0) is 0 Å². The molecule has 0 unspecified atom stereocenters. The summed E-state index contributed by atoms with van der Waals surface area (Å²) in [4.78, 5) is 2.50. The Morgan fingerprint density at radius 1 is 1.40 bits per heavy atom. The van der Waals surface area contributed by atoms with Crippen molar-refractivity contribution in [1.29, 1.82) is 0 Å². The first-order valence-corrected chi connectivity index (χ1v) is 6.55. The van der Waals surface area contributed by atoms with Crippen molar-refractivity contribution in [3.63, 3.8) is 0 Å². The average Bonchev–Trinajstić information content (AvgIpc) is 2.52. The lowest BCUT2D eigenvalue weighted by molar-refractivity contribution is 0.171. The second kappa shape index (κ2) is 6.49. The molecule has 0 bridgehead atoms. The summed E-state index contributed by atoms with van der Waals surface area (Å²) in [6, 6.07) is 0.652. The smallest absolute Gasteiger partial charge is 0.0682 e. The molecular weight excluding hydrogens is 186 g/mol. The summed E-state index contributed by atoms with van der Waals surface area (Å²) in [7, 11) is 0. The molecule has 2 atom stereocenters. The number of unbranched alkanes of at least 4 members (excludes halogenated alkanes) is 1. The number of hydrogen-bond donors (Lipinski definition) is 1. The Kier molecular flexibility index (Phi) is 5.62. The van der Waals surface area contributed by atoms with Gasteiger partial charge in [-0.1, -0.05) is 33.6 Å². The molecule has 1 heterocycles. The molecule has 1 aliphatic heterocycles. The lowest BCUT2D eigenvalue weighted by atomic mass is 10.1. The monoisotopic (exact) mass is 213 g/mol. The van der Waals surface area contributed by atoms with E-state index in [1.165, 1.54) is 32.2 Å². The number of nitrogens with zero attached hydrogens (tertiary/aromatic N) is 1. The molecule has 0 amide bonds. The summed E-state index contributed by atoms with van der Waals surface area (Å²) in [6.45, 7) is 8.86. The molecular formula is C13H27NO. The Morgan fingerprint density at radius 2 is 2.13 bits per heavy atom. The molecule has 0 aromatic carbocycles. The van der Waals surface area contributed by atoms with Crippen LogP contribution in [0.1, 0.15) is 52.9 Å². The minimum atomic E-state index is -0.0704. The highest BCUT2D eigenvalue weighted by molar-refractivity contribution is 4.84. The lowest BCUT2D eigenvalue weighted by Crippen LogP contribution is -2.31. The summed E-state index contributed by atoms with van der Waals surface area (Å²) >= 11 is 0. The third-order valence-corrected chi connectivity index (χ3v) is 3.39. The van der Waals surface area contributed by atoms with Crippen LogP contribution >= 0.6 is 0 Å². The van der Waals surface area contributed by atoms with Crippen LogP contribution < -0.4 is 0 Å². The van der Waals surface area contributed by atoms with Crippen molar-refractivity contribution < 1.29 is 5.11 Å². The summed E-state index contributed by atoms with van der Waals surface area (Å²) in [5.74, 6) is 0.773. The number of likely N-dealkylation sites (tertiary alicyclic amines) is 1. The van der Waals surface area contributed by atoms with Gasteiger partial charge in [-0.3, -0.25) is 4.90 Å². The molecule has 1 fully saturated rings. The highest BCUT2D eigenvalue weighted by Gasteiger charge is 2.29. The van der Waals surface area contributed by atoms with E-state index in [1.54, 1.807) is 0 Å². The van der Waals surface area contributed by atoms with Crippen LogP contribution in [0.3, 0.4) is 0 Å². The van der Waals surface area contributed by atoms with Crippen LogP contribution in [0.25, 0.3) is 0 Å². The van der Waals surface area contributed by atoms with Gasteiger partial charge in [0, 0.05) is 12.6 Å². The molecule has 0 aliphatic carbocycles. The standard InChI is InChI=1S/C13H27NO/c1-4-5-6-12-9-13(15)10-14(12)8-7-11(2)3/h11-13,15H,4-10H2,1-3H3/t12-,13-/m0/s1. The van der Waals surface area contributed by atoms with Crippen LogP contribution in [-0.4, -0.2) is 35.2 Å². The van der Waals surface area contributed by atoms with E-state index in [4.69, 9.17) is 0 Å². The van der Waals surface area contributed by atoms with E-state index in [0.717, 1.165) is 18.9 Å². The third-order valence-electron chi connectivity index (χ3n) is 3.39. The van der Waals surface area contributed by atoms with Crippen molar-refractivity contribution in [3.8, 4) is 0 Å². The number of β-amino-alcohol motifs (C(OH)–C–C–N with tert-alkyl or cyclic N) is 1. The molecule has 1 aliphatic rings. The molecule has 90 valence electrons. The van der Waals surface area contributed by atoms with Crippen molar-refractivity contribution in [2.75, 3.05) is 13.1 Å². The molecule has 1 rings (SSSR count). The fourth-order valence-corrected chi connectivity index (χ4v) is 2.40. The number of rotatable bonds is 6. The summed E-state index contributed by atoms with van der Waals surface area (Å²) < 4.78 is 0. The van der Waals surface area contributed by atoms with Gasteiger partial charge in [0.05, 0.1) is 6.10 Å². The molecule has 0 saturated carbocycles. The maximum atomic E-state index is 9.69. The first-order chi connectivity index (χ1) is 7.13. The number of aliphatic hydroxyl groups is 1. The van der Waals surface area contributed by atoms with Crippen molar-refractivity contribution in [3.05, 3.63) is 0 Å². The fourth-order valence-electron chi connectivity index (χ4n) is 2.40. The largest absolute Gasteiger partial charge is 0.392 e. The van der Waals surface area contributed by atoms with E-state index in [9.17, 15) is 5.11 Å². The van der Waals surface area contributed by atoms with E-state index in [0.29, 0.717) is 6.04 Å². The summed E-state index contributed by atoms with van der Waals surface area (Å²) in [5.41, 5.74) is 0. The van der Waals surface area contributed by atoms with Crippen molar-refractivity contribution >= 4 is 0 Å². The zero-order valence-electron chi connectivity index (χ0n) is 10.6. The number of hydrogen-bond acceptors (Lipinski definition) is 2. The van der Waals surface area contributed by atoms with E-state index in [1.807, 2.05) is 0 Å². The van der Waals surface area contributed by atoms with Crippen LogP contribution in [0.5, 0.6) is 0 Å². The van der Waals surface area contributed by atoms with Gasteiger partial charge >= 0.3 is 0 Å². The maximum Gasteiger partial charge on any atom is 0.0682 e. The van der Waals surface area contributed by atoms with Crippen LogP contribution in [0.4, 0.5) is 0 Å². The third kappa shape index (κ3) is 4.52. The second-order valence-corrected chi connectivity index (χ2v) is 5.36.